The lowest BCUT2D eigenvalue weighted by molar-refractivity contribution is -0.366. The molecule has 0 radical (unpaired) electrons. The molecule has 0 aromatic heterocycles. The second-order valence-corrected chi connectivity index (χ2v) is 2.23. The lowest BCUT2D eigenvalue weighted by Gasteiger charge is -1.94. The number of benzene rings is 1. The maximum Gasteiger partial charge on any atom is 0.123 e. The molecule has 0 unspecified atom stereocenters. The van der Waals surface area contributed by atoms with Gasteiger partial charge in [0.2, 0.25) is 0 Å². The van der Waals surface area contributed by atoms with Gasteiger partial charge in [0.15, 0.2) is 0 Å². The molecule has 0 heterocycles. The summed E-state index contributed by atoms with van der Waals surface area (Å²) in [7, 11) is 0. The fraction of sp³-hybridized carbons (Fsp3) is 0.250. The number of hydrogen-bond donors (Lipinski definition) is 1. The van der Waals surface area contributed by atoms with Gasteiger partial charge in [0, 0.05) is 6.42 Å². The summed E-state index contributed by atoms with van der Waals surface area (Å²) in [6, 6.07) is 6.54. The molecule has 0 aliphatic carbocycles. The van der Waals surface area contributed by atoms with Crippen molar-refractivity contribution in [2.24, 2.45) is 0 Å². The summed E-state index contributed by atoms with van der Waals surface area (Å²) in [4.78, 5) is 0. The molecule has 1 nitrogen and oxygen atoms in total. The third kappa shape index (κ3) is 1.81. The Kier molecular flexibility index (Phi) is 2.40. The fourth-order valence-electron chi connectivity index (χ4n) is 0.855. The first kappa shape index (κ1) is 7.22. The Labute approximate surface area is 59.7 Å². The van der Waals surface area contributed by atoms with Crippen LogP contribution in [-0.4, -0.2) is 6.54 Å². The van der Waals surface area contributed by atoms with Gasteiger partial charge < -0.3 is 5.73 Å². The Bertz CT molecular complexity index is 193. The van der Waals surface area contributed by atoms with Crippen LogP contribution < -0.4 is 5.73 Å². The summed E-state index contributed by atoms with van der Waals surface area (Å²) in [6.07, 6.45) is 0.931. The van der Waals surface area contributed by atoms with Gasteiger partial charge >= 0.3 is 0 Å². The number of hydrogen-bond acceptors (Lipinski definition) is 0. The van der Waals surface area contributed by atoms with E-state index in [1.54, 1.807) is 12.1 Å². The van der Waals surface area contributed by atoms with E-state index >= 15 is 0 Å². The van der Waals surface area contributed by atoms with Crippen LogP contribution >= 0.6 is 0 Å². The second-order valence-electron chi connectivity index (χ2n) is 2.23. The summed E-state index contributed by atoms with van der Waals surface area (Å²) < 4.78 is 12.3. The average Bonchev–Trinajstić information content (AvgIpc) is 1.95. The third-order valence-electron chi connectivity index (χ3n) is 1.38. The monoisotopic (exact) mass is 140 g/mol. The number of rotatable bonds is 2. The van der Waals surface area contributed by atoms with Crippen molar-refractivity contribution >= 4 is 0 Å². The van der Waals surface area contributed by atoms with Gasteiger partial charge in [-0.1, -0.05) is 12.1 Å². The summed E-state index contributed by atoms with van der Waals surface area (Å²) in [5, 5.41) is 0. The van der Waals surface area contributed by atoms with Gasteiger partial charge in [0.25, 0.3) is 0 Å². The van der Waals surface area contributed by atoms with E-state index < -0.39 is 0 Å². The minimum atomic E-state index is -0.173. The SMILES string of the molecule is [NH3+]CCc1ccc(F)cc1. The average molecular weight is 140 g/mol. The molecule has 0 aliphatic heterocycles. The maximum atomic E-state index is 12.3. The zero-order chi connectivity index (χ0) is 7.40. The van der Waals surface area contributed by atoms with Crippen molar-refractivity contribution in [1.82, 2.24) is 0 Å². The maximum absolute atomic E-state index is 12.3. The summed E-state index contributed by atoms with van der Waals surface area (Å²) in [6.45, 7) is 0.867. The van der Waals surface area contributed by atoms with Crippen LogP contribution in [0.2, 0.25) is 0 Å². The molecule has 1 aromatic carbocycles. The van der Waals surface area contributed by atoms with Crippen LogP contribution in [0.15, 0.2) is 24.3 Å². The topological polar surface area (TPSA) is 27.6 Å². The smallest absolute Gasteiger partial charge is 0.123 e. The van der Waals surface area contributed by atoms with Crippen LogP contribution in [-0.2, 0) is 6.42 Å². The van der Waals surface area contributed by atoms with Crippen molar-refractivity contribution in [2.75, 3.05) is 6.54 Å². The van der Waals surface area contributed by atoms with E-state index in [1.165, 1.54) is 12.1 Å². The molecule has 0 saturated carbocycles. The molecule has 1 aromatic rings. The molecule has 10 heavy (non-hydrogen) atoms. The molecular weight excluding hydrogens is 129 g/mol. The quantitative estimate of drug-likeness (QED) is 0.623. The molecule has 54 valence electrons. The molecule has 0 fully saturated rings. The fourth-order valence-corrected chi connectivity index (χ4v) is 0.855. The minimum absolute atomic E-state index is 0.173. The minimum Gasteiger partial charge on any atom is -0.357 e. The van der Waals surface area contributed by atoms with Gasteiger partial charge in [0.1, 0.15) is 5.82 Å². The van der Waals surface area contributed by atoms with Gasteiger partial charge in [0.05, 0.1) is 6.54 Å². The highest BCUT2D eigenvalue weighted by atomic mass is 19.1. The van der Waals surface area contributed by atoms with Gasteiger partial charge in [-0.3, -0.25) is 0 Å². The Morgan fingerprint density at radius 2 is 1.80 bits per heavy atom. The van der Waals surface area contributed by atoms with Crippen molar-refractivity contribution in [3.8, 4) is 0 Å². The first-order valence-corrected chi connectivity index (χ1v) is 3.36. The Balaban J connectivity index is 2.69. The Hall–Kier alpha value is -0.890. The van der Waals surface area contributed by atoms with Crippen LogP contribution in [0.25, 0.3) is 0 Å². The van der Waals surface area contributed by atoms with E-state index in [0.29, 0.717) is 0 Å². The van der Waals surface area contributed by atoms with Crippen LogP contribution in [0.3, 0.4) is 0 Å². The van der Waals surface area contributed by atoms with Crippen molar-refractivity contribution < 1.29 is 10.1 Å². The van der Waals surface area contributed by atoms with Crippen LogP contribution in [0.5, 0.6) is 0 Å². The third-order valence-corrected chi connectivity index (χ3v) is 1.38. The van der Waals surface area contributed by atoms with E-state index in [0.717, 1.165) is 18.5 Å². The predicted molar refractivity (Wildman–Crippen MR) is 37.9 cm³/mol. The largest absolute Gasteiger partial charge is 0.357 e. The summed E-state index contributed by atoms with van der Waals surface area (Å²) >= 11 is 0. The van der Waals surface area contributed by atoms with Crippen molar-refractivity contribution in [1.29, 1.82) is 0 Å². The van der Waals surface area contributed by atoms with Gasteiger partial charge in [-0.15, -0.1) is 0 Å². The van der Waals surface area contributed by atoms with E-state index in [-0.39, 0.29) is 5.82 Å². The zero-order valence-corrected chi connectivity index (χ0v) is 5.81. The molecule has 0 amide bonds. The lowest BCUT2D eigenvalue weighted by Crippen LogP contribution is -2.51. The molecule has 0 saturated heterocycles. The molecule has 2 heteroatoms. The molecule has 0 atom stereocenters. The Morgan fingerprint density at radius 3 is 2.30 bits per heavy atom. The normalized spacial score (nSPS) is 9.80. The highest BCUT2D eigenvalue weighted by Gasteiger charge is 1.91. The standard InChI is InChI=1S/C8H10FN/c9-8-3-1-7(2-4-8)5-6-10/h1-4H,5-6,10H2/p+1. The van der Waals surface area contributed by atoms with Gasteiger partial charge in [-0.2, -0.15) is 0 Å². The highest BCUT2D eigenvalue weighted by Crippen LogP contribution is 2.01. The predicted octanol–water partition coefficient (Wildman–Crippen LogP) is 0.610. The number of quaternary nitrogens is 1. The number of halogens is 1. The van der Waals surface area contributed by atoms with Gasteiger partial charge in [-0.05, 0) is 17.7 Å². The van der Waals surface area contributed by atoms with E-state index in [4.69, 9.17) is 0 Å². The first-order chi connectivity index (χ1) is 4.83. The highest BCUT2D eigenvalue weighted by molar-refractivity contribution is 5.15. The van der Waals surface area contributed by atoms with E-state index in [1.807, 2.05) is 0 Å². The van der Waals surface area contributed by atoms with Crippen LogP contribution in [0.1, 0.15) is 5.56 Å². The van der Waals surface area contributed by atoms with E-state index in [2.05, 4.69) is 5.73 Å². The zero-order valence-electron chi connectivity index (χ0n) is 5.81. The lowest BCUT2D eigenvalue weighted by atomic mass is 10.1. The second kappa shape index (κ2) is 3.32. The van der Waals surface area contributed by atoms with Crippen molar-refractivity contribution in [3.63, 3.8) is 0 Å². The Morgan fingerprint density at radius 1 is 1.20 bits per heavy atom. The van der Waals surface area contributed by atoms with E-state index in [9.17, 15) is 4.39 Å². The molecule has 0 spiro atoms. The molecular formula is C8H11FN+. The van der Waals surface area contributed by atoms with Crippen LogP contribution in [0.4, 0.5) is 4.39 Å². The molecule has 3 N–H and O–H groups in total. The molecule has 1 rings (SSSR count). The van der Waals surface area contributed by atoms with Crippen molar-refractivity contribution in [3.05, 3.63) is 35.6 Å². The first-order valence-electron chi connectivity index (χ1n) is 3.36. The van der Waals surface area contributed by atoms with Crippen molar-refractivity contribution in [2.45, 2.75) is 6.42 Å². The molecule has 0 bridgehead atoms. The van der Waals surface area contributed by atoms with Crippen LogP contribution in [0, 0.1) is 5.82 Å². The molecule has 0 aliphatic rings. The summed E-state index contributed by atoms with van der Waals surface area (Å²) in [5.41, 5.74) is 4.86. The summed E-state index contributed by atoms with van der Waals surface area (Å²) in [5.74, 6) is -0.173. The van der Waals surface area contributed by atoms with Gasteiger partial charge in [-0.25, -0.2) is 4.39 Å².